The van der Waals surface area contributed by atoms with Crippen molar-refractivity contribution in [3.63, 3.8) is 0 Å². The number of imide groups is 1. The number of carbonyl (C=O) groups excluding carboxylic acids is 10. The molecule has 0 bridgehead atoms. The van der Waals surface area contributed by atoms with Crippen molar-refractivity contribution >= 4 is 98.2 Å². The van der Waals surface area contributed by atoms with E-state index in [9.17, 15) is 53.1 Å². The van der Waals surface area contributed by atoms with Gasteiger partial charge in [-0.2, -0.15) is 0 Å². The highest BCUT2D eigenvalue weighted by molar-refractivity contribution is 6.14. The first kappa shape index (κ1) is 81.6. The first-order valence-electron chi connectivity index (χ1n) is 36.6. The van der Waals surface area contributed by atoms with Crippen LogP contribution in [-0.2, 0) is 63.7 Å². The molecule has 0 saturated carbocycles. The number of nitrogens with two attached hydrogens (primary N) is 1. The maximum Gasteiger partial charge on any atom is 0.415 e. The van der Waals surface area contributed by atoms with Crippen molar-refractivity contribution in [1.29, 1.82) is 0 Å². The number of hydrogen-bond donors (Lipinski definition) is 6. The minimum absolute atomic E-state index is 0.0323. The summed E-state index contributed by atoms with van der Waals surface area (Å²) in [5.41, 5.74) is 9.19. The summed E-state index contributed by atoms with van der Waals surface area (Å²) in [4.78, 5) is 139. The molecule has 7 N–H and O–H groups in total. The Bertz CT molecular complexity index is 4150. The lowest BCUT2D eigenvalue weighted by Crippen LogP contribution is -2.54. The first-order chi connectivity index (χ1) is 52.2. The number of amides is 11. The van der Waals surface area contributed by atoms with Crippen LogP contribution >= 0.6 is 0 Å². The van der Waals surface area contributed by atoms with Crippen molar-refractivity contribution in [2.45, 2.75) is 97.8 Å². The molecular formula is C78H98N10O20. The largest absolute Gasteiger partial charge is 0.507 e. The van der Waals surface area contributed by atoms with Crippen molar-refractivity contribution in [1.82, 2.24) is 30.7 Å². The number of anilines is 3. The molecule has 108 heavy (non-hydrogen) atoms. The van der Waals surface area contributed by atoms with Crippen LogP contribution in [0, 0.1) is 5.92 Å². The zero-order valence-corrected chi connectivity index (χ0v) is 62.0. The summed E-state index contributed by atoms with van der Waals surface area (Å²) in [7, 11) is 0. The molecule has 2 unspecified atom stereocenters. The van der Waals surface area contributed by atoms with Gasteiger partial charge in [0.15, 0.2) is 11.5 Å². The lowest BCUT2D eigenvalue weighted by Gasteiger charge is -2.26. The molecule has 0 spiro atoms. The second kappa shape index (κ2) is 40.5. The van der Waals surface area contributed by atoms with Crippen LogP contribution in [0.15, 0.2) is 114 Å². The fourth-order valence-corrected chi connectivity index (χ4v) is 12.9. The topological polar surface area (TPSA) is 368 Å². The molecule has 30 nitrogen and oxygen atoms in total. The quantitative estimate of drug-likeness (QED) is 0.0156. The van der Waals surface area contributed by atoms with Gasteiger partial charge in [0, 0.05) is 105 Å². The van der Waals surface area contributed by atoms with Crippen LogP contribution in [0.5, 0.6) is 11.5 Å². The number of furan rings is 1. The van der Waals surface area contributed by atoms with Crippen LogP contribution in [0.1, 0.15) is 117 Å². The van der Waals surface area contributed by atoms with Crippen molar-refractivity contribution < 1.29 is 95.4 Å². The van der Waals surface area contributed by atoms with E-state index in [0.29, 0.717) is 106 Å². The van der Waals surface area contributed by atoms with E-state index in [2.05, 4.69) is 21.3 Å². The molecule has 3 aliphatic heterocycles. The molecular weight excluding hydrogens is 1400 g/mol. The number of benzene rings is 5. The smallest absolute Gasteiger partial charge is 0.415 e. The summed E-state index contributed by atoms with van der Waals surface area (Å²) in [6.45, 7) is 16.1. The fraction of sp³-hybridized carbons (Fsp3) is 0.462. The van der Waals surface area contributed by atoms with Gasteiger partial charge in [-0.15, -0.1) is 0 Å². The Morgan fingerprint density at radius 1 is 0.620 bits per heavy atom. The van der Waals surface area contributed by atoms with Gasteiger partial charge in [-0.1, -0.05) is 88.4 Å². The predicted molar refractivity (Wildman–Crippen MR) is 400 cm³/mol. The van der Waals surface area contributed by atoms with Gasteiger partial charge < -0.3 is 94.0 Å². The number of likely N-dealkylation sites (N-methyl/N-ethyl adjacent to an activating group) is 2. The molecule has 11 amide bonds. The zero-order chi connectivity index (χ0) is 77.2. The average Bonchev–Trinajstić information content (AvgIpc) is 1.56. The van der Waals surface area contributed by atoms with Gasteiger partial charge in [0.25, 0.3) is 23.6 Å². The third kappa shape index (κ3) is 21.9. The molecule has 580 valence electrons. The maximum atomic E-state index is 14.6. The number of rotatable bonds is 42. The zero-order valence-electron chi connectivity index (χ0n) is 62.0. The Hall–Kier alpha value is -10.5. The third-order valence-corrected chi connectivity index (χ3v) is 18.7. The van der Waals surface area contributed by atoms with E-state index in [4.69, 9.17) is 48.0 Å². The van der Waals surface area contributed by atoms with Crippen LogP contribution in [-0.4, -0.2) is 223 Å². The van der Waals surface area contributed by atoms with Crippen LogP contribution in [0.25, 0.3) is 21.5 Å². The summed E-state index contributed by atoms with van der Waals surface area (Å²) in [6, 6.07) is 25.0. The number of carbonyl (C=O) groups is 10. The van der Waals surface area contributed by atoms with Crippen molar-refractivity contribution in [2.24, 2.45) is 11.7 Å². The summed E-state index contributed by atoms with van der Waals surface area (Å²) >= 11 is 0. The number of fused-ring (bicyclic) bond motifs is 6. The van der Waals surface area contributed by atoms with E-state index in [0.717, 1.165) is 26.8 Å². The maximum absolute atomic E-state index is 14.6. The van der Waals surface area contributed by atoms with Gasteiger partial charge in [0.1, 0.15) is 30.2 Å². The molecule has 0 aliphatic carbocycles. The Balaban J connectivity index is 0.690. The molecule has 5 aromatic carbocycles. The van der Waals surface area contributed by atoms with Gasteiger partial charge in [0.2, 0.25) is 17.7 Å². The van der Waals surface area contributed by atoms with Gasteiger partial charge >= 0.3 is 18.2 Å². The number of primary amides is 1. The highest BCUT2D eigenvalue weighted by Crippen LogP contribution is 2.48. The summed E-state index contributed by atoms with van der Waals surface area (Å²) in [5, 5.41) is 24.8. The van der Waals surface area contributed by atoms with Crippen molar-refractivity contribution in [3.05, 3.63) is 137 Å². The third-order valence-electron chi connectivity index (χ3n) is 18.7. The first-order valence-corrected chi connectivity index (χ1v) is 36.6. The molecule has 6 aromatic rings. The van der Waals surface area contributed by atoms with Gasteiger partial charge in [-0.25, -0.2) is 14.4 Å². The normalized spacial score (nSPS) is 15.0. The molecule has 0 saturated heterocycles. The fourth-order valence-electron chi connectivity index (χ4n) is 12.9. The number of phenols is 1. The number of aromatic hydroxyl groups is 1. The molecule has 0 fully saturated rings. The van der Waals surface area contributed by atoms with E-state index in [-0.39, 0.29) is 144 Å². The number of nitrogens with zero attached hydrogens (tertiary/aromatic N) is 5. The van der Waals surface area contributed by atoms with Crippen LogP contribution < -0.4 is 41.5 Å². The average molecular weight is 1500 g/mol. The van der Waals surface area contributed by atoms with E-state index >= 15 is 0 Å². The van der Waals surface area contributed by atoms with E-state index in [1.807, 2.05) is 62.4 Å². The Kier molecular flexibility index (Phi) is 30.6. The van der Waals surface area contributed by atoms with Crippen molar-refractivity contribution in [2.75, 3.05) is 147 Å². The van der Waals surface area contributed by atoms with Gasteiger partial charge in [-0.05, 0) is 90.8 Å². The standard InChI is InChI=1S/C78H98N10O20/c1-7-53-48-88(75(96)64-25-24-63(107-64)74(95)87-47-51(6)69-57-17-12-10-15-55(57)62(89)45-60(69)87)61-46-65(56-16-11-13-18-58(56)70(53)61)108-78(99)85(9-3)31-30-84(8-2)77(98)106-49-52-20-22-54(23-21-52)81-72(93)59(19-14-29-80-76(79)97)82-73(94)71(50(4)5)83-66(90)28-33-100-35-37-102-39-41-104-43-44-105-42-40-103-38-36-101-34-32-86-67(91)26-27-68(86)92/h10-13,15-18,20-27,45-46,50-51,53,59,71,89H,7-9,14,19,28-44,47-49H2,1-6H3,(H,81,93)(H,82,94)(H,83,90)(H3,79,80,97)/t51?,53-,59+,71?/m1/s1. The highest BCUT2D eigenvalue weighted by atomic mass is 16.6. The van der Waals surface area contributed by atoms with Crippen LogP contribution in [0.3, 0.4) is 0 Å². The summed E-state index contributed by atoms with van der Waals surface area (Å²) in [5.74, 6) is -3.54. The molecule has 4 atom stereocenters. The highest BCUT2D eigenvalue weighted by Gasteiger charge is 2.39. The number of nitrogens with one attached hydrogen (secondary N) is 4. The summed E-state index contributed by atoms with van der Waals surface area (Å²) in [6.07, 6.45) is 2.13. The minimum Gasteiger partial charge on any atom is -0.507 e. The number of hydrogen-bond acceptors (Lipinski definition) is 20. The lowest BCUT2D eigenvalue weighted by atomic mass is 9.93. The van der Waals surface area contributed by atoms with E-state index in [1.54, 1.807) is 73.9 Å². The molecule has 3 aliphatic rings. The predicted octanol–water partition coefficient (Wildman–Crippen LogP) is 8.12. The SMILES string of the molecule is CC[C@@H]1CN(C(=O)c2ccc(C(=O)N3CC(C)c4c3cc(O)c3ccccc43)o2)c2cc(OC(=O)N(CC)CCN(CC)C(=O)OCc3ccc(NC(=O)[C@H](CCCNC(N)=O)NC(=O)C(NC(=O)CCOCCOCCOCCOCCOCCOCCN4C(=O)C=CC4=O)C(C)C)cc3)c3ccccc3c21. The Morgan fingerprint density at radius 3 is 1.71 bits per heavy atom. The lowest BCUT2D eigenvalue weighted by molar-refractivity contribution is -0.137. The van der Waals surface area contributed by atoms with Gasteiger partial charge in [-0.3, -0.25) is 38.5 Å². The Labute approximate surface area is 626 Å². The summed E-state index contributed by atoms with van der Waals surface area (Å²) < 4.78 is 51.0. The molecule has 30 heteroatoms. The monoisotopic (exact) mass is 1490 g/mol. The molecule has 0 radical (unpaired) electrons. The number of phenolic OH excluding ortho intramolecular Hbond substituents is 1. The number of ether oxygens (including phenoxy) is 8. The number of urea groups is 1. The van der Waals surface area contributed by atoms with Gasteiger partial charge in [0.05, 0.1) is 97.2 Å². The Morgan fingerprint density at radius 2 is 1.15 bits per heavy atom. The van der Waals surface area contributed by atoms with Crippen LogP contribution in [0.2, 0.25) is 0 Å². The van der Waals surface area contributed by atoms with Crippen molar-refractivity contribution in [3.8, 4) is 11.5 Å². The van der Waals surface area contributed by atoms with Crippen LogP contribution in [0.4, 0.5) is 31.4 Å². The van der Waals surface area contributed by atoms with E-state index < -0.39 is 59.8 Å². The molecule has 1 aromatic heterocycles. The molecule has 9 rings (SSSR count). The molecule has 4 heterocycles. The second-order valence-electron chi connectivity index (χ2n) is 26.4. The minimum atomic E-state index is -1.10. The second-order valence-corrected chi connectivity index (χ2v) is 26.4. The van der Waals surface area contributed by atoms with E-state index in [1.165, 1.54) is 34.1 Å².